The lowest BCUT2D eigenvalue weighted by Gasteiger charge is -1.96. The topological polar surface area (TPSA) is 87.4 Å². The molecule has 0 spiro atoms. The Labute approximate surface area is 103 Å². The van der Waals surface area contributed by atoms with Crippen molar-refractivity contribution in [3.05, 3.63) is 18.7 Å². The molecule has 0 atom stereocenters. The molecule has 0 saturated carbocycles. The molecular weight excluding hydrogens is 230 g/mol. The average Bonchev–Trinajstić information content (AvgIpc) is 2.95. The first-order chi connectivity index (χ1) is 8.70. The van der Waals surface area contributed by atoms with Gasteiger partial charge in [0.2, 0.25) is 0 Å². The van der Waals surface area contributed by atoms with Crippen LogP contribution in [0.3, 0.4) is 0 Å². The summed E-state index contributed by atoms with van der Waals surface area (Å²) in [5.41, 5.74) is 8.33. The van der Waals surface area contributed by atoms with E-state index in [-0.39, 0.29) is 0 Å². The van der Waals surface area contributed by atoms with Crippen LogP contribution in [0.15, 0.2) is 18.7 Å². The molecule has 0 aliphatic rings. The van der Waals surface area contributed by atoms with Gasteiger partial charge in [-0.1, -0.05) is 0 Å². The molecule has 3 rings (SSSR count). The van der Waals surface area contributed by atoms with E-state index in [9.17, 15) is 0 Å². The third kappa shape index (κ3) is 1.44. The van der Waals surface area contributed by atoms with E-state index >= 15 is 0 Å². The number of fused-ring (bicyclic) bond motifs is 1. The van der Waals surface area contributed by atoms with Gasteiger partial charge in [-0.3, -0.25) is 4.68 Å². The van der Waals surface area contributed by atoms with Gasteiger partial charge >= 0.3 is 0 Å². The number of nitrogen functional groups attached to an aromatic ring is 1. The first kappa shape index (κ1) is 10.7. The summed E-state index contributed by atoms with van der Waals surface area (Å²) in [6.45, 7) is 2.85. The van der Waals surface area contributed by atoms with Crippen LogP contribution in [0.25, 0.3) is 22.3 Å². The molecule has 3 aromatic rings. The molecule has 3 heterocycles. The highest BCUT2D eigenvalue weighted by Crippen LogP contribution is 2.28. The van der Waals surface area contributed by atoms with Crippen molar-refractivity contribution >= 4 is 16.9 Å². The minimum absolute atomic E-state index is 0.437. The van der Waals surface area contributed by atoms with Gasteiger partial charge in [0.15, 0.2) is 5.65 Å². The summed E-state index contributed by atoms with van der Waals surface area (Å²) < 4.78 is 3.54. The second-order valence-corrected chi connectivity index (χ2v) is 4.01. The zero-order valence-corrected chi connectivity index (χ0v) is 10.2. The van der Waals surface area contributed by atoms with Gasteiger partial charge in [0.05, 0.1) is 11.6 Å². The highest BCUT2D eigenvalue weighted by atomic mass is 15.3. The fraction of sp³-hybridized carbons (Fsp3) is 0.273. The molecular formula is C11H13N7. The summed E-state index contributed by atoms with van der Waals surface area (Å²) in [4.78, 5) is 8.22. The van der Waals surface area contributed by atoms with Gasteiger partial charge in [-0.2, -0.15) is 10.2 Å². The van der Waals surface area contributed by atoms with Crippen LogP contribution in [-0.2, 0) is 13.6 Å². The van der Waals surface area contributed by atoms with E-state index in [1.165, 1.54) is 6.33 Å². The summed E-state index contributed by atoms with van der Waals surface area (Å²) in [7, 11) is 1.84. The Balaban J connectivity index is 2.29. The predicted molar refractivity (Wildman–Crippen MR) is 67.6 cm³/mol. The van der Waals surface area contributed by atoms with Crippen molar-refractivity contribution in [2.45, 2.75) is 13.5 Å². The maximum Gasteiger partial charge on any atom is 0.163 e. The van der Waals surface area contributed by atoms with E-state index in [1.807, 2.05) is 24.9 Å². The molecule has 0 amide bonds. The molecule has 92 valence electrons. The summed E-state index contributed by atoms with van der Waals surface area (Å²) in [6.07, 6.45) is 5.16. The van der Waals surface area contributed by atoms with Crippen molar-refractivity contribution in [1.82, 2.24) is 29.5 Å². The van der Waals surface area contributed by atoms with Crippen molar-refractivity contribution in [2.75, 3.05) is 5.73 Å². The van der Waals surface area contributed by atoms with Crippen molar-refractivity contribution in [1.29, 1.82) is 0 Å². The molecule has 18 heavy (non-hydrogen) atoms. The van der Waals surface area contributed by atoms with E-state index in [1.54, 1.807) is 10.9 Å². The van der Waals surface area contributed by atoms with Gasteiger partial charge in [0.25, 0.3) is 0 Å². The third-order valence-corrected chi connectivity index (χ3v) is 2.88. The van der Waals surface area contributed by atoms with Crippen LogP contribution in [0.1, 0.15) is 6.92 Å². The Morgan fingerprint density at radius 2 is 2.17 bits per heavy atom. The number of anilines is 1. The van der Waals surface area contributed by atoms with Crippen molar-refractivity contribution < 1.29 is 0 Å². The molecule has 0 saturated heterocycles. The number of hydrogen-bond donors (Lipinski definition) is 1. The van der Waals surface area contributed by atoms with Crippen molar-refractivity contribution in [2.24, 2.45) is 7.05 Å². The first-order valence-corrected chi connectivity index (χ1v) is 5.66. The quantitative estimate of drug-likeness (QED) is 0.720. The highest BCUT2D eigenvalue weighted by Gasteiger charge is 2.16. The van der Waals surface area contributed by atoms with Crippen LogP contribution in [0.5, 0.6) is 0 Å². The average molecular weight is 243 g/mol. The Morgan fingerprint density at radius 1 is 1.33 bits per heavy atom. The largest absolute Gasteiger partial charge is 0.383 e. The summed E-state index contributed by atoms with van der Waals surface area (Å²) in [5, 5.41) is 9.47. The van der Waals surface area contributed by atoms with Gasteiger partial charge in [0, 0.05) is 25.4 Å². The minimum atomic E-state index is 0.437. The Hall–Kier alpha value is -2.44. The smallest absolute Gasteiger partial charge is 0.163 e. The van der Waals surface area contributed by atoms with Crippen LogP contribution < -0.4 is 5.73 Å². The molecule has 0 bridgehead atoms. The number of aromatic nitrogens is 6. The lowest BCUT2D eigenvalue weighted by atomic mass is 10.2. The maximum absolute atomic E-state index is 5.92. The van der Waals surface area contributed by atoms with Crippen molar-refractivity contribution in [3.8, 4) is 11.3 Å². The zero-order valence-electron chi connectivity index (χ0n) is 10.2. The van der Waals surface area contributed by atoms with E-state index in [0.29, 0.717) is 5.82 Å². The van der Waals surface area contributed by atoms with Crippen LogP contribution >= 0.6 is 0 Å². The predicted octanol–water partition coefficient (Wildman–Crippen LogP) is 0.829. The summed E-state index contributed by atoms with van der Waals surface area (Å²) >= 11 is 0. The molecule has 7 nitrogen and oxygen atoms in total. The Kier molecular flexibility index (Phi) is 2.26. The van der Waals surface area contributed by atoms with Crippen molar-refractivity contribution in [3.63, 3.8) is 0 Å². The monoisotopic (exact) mass is 243 g/mol. The SMILES string of the molecule is CCn1cc(-c2nn(C)c3ncnc(N)c23)cn1. The maximum atomic E-state index is 5.92. The molecule has 0 aromatic carbocycles. The second-order valence-electron chi connectivity index (χ2n) is 4.01. The molecule has 0 fully saturated rings. The first-order valence-electron chi connectivity index (χ1n) is 5.66. The van der Waals surface area contributed by atoms with Crippen LogP contribution in [-0.4, -0.2) is 29.5 Å². The number of rotatable bonds is 2. The fourth-order valence-electron chi connectivity index (χ4n) is 1.97. The van der Waals surface area contributed by atoms with Gasteiger partial charge in [0.1, 0.15) is 17.8 Å². The lowest BCUT2D eigenvalue weighted by Crippen LogP contribution is -1.95. The Bertz CT molecular complexity index is 709. The molecule has 2 N–H and O–H groups in total. The fourth-order valence-corrected chi connectivity index (χ4v) is 1.97. The standard InChI is InChI=1S/C11H13N7/c1-3-18-5-7(4-15-18)9-8-10(12)13-6-14-11(8)17(2)16-9/h4-6H,3H2,1-2H3,(H2,12,13,14). The van der Waals surface area contributed by atoms with Gasteiger partial charge in [-0.15, -0.1) is 0 Å². The molecule has 7 heteroatoms. The van der Waals surface area contributed by atoms with E-state index in [4.69, 9.17) is 5.73 Å². The third-order valence-electron chi connectivity index (χ3n) is 2.88. The molecule has 0 radical (unpaired) electrons. The van der Waals surface area contributed by atoms with Gasteiger partial charge < -0.3 is 5.73 Å². The second kappa shape index (κ2) is 3.80. The molecule has 3 aromatic heterocycles. The number of hydrogen-bond acceptors (Lipinski definition) is 5. The summed E-state index contributed by atoms with van der Waals surface area (Å²) in [6, 6.07) is 0. The van der Waals surface area contributed by atoms with Crippen LogP contribution in [0.2, 0.25) is 0 Å². The highest BCUT2D eigenvalue weighted by molar-refractivity contribution is 5.97. The number of aryl methyl sites for hydroxylation is 2. The number of nitrogens with zero attached hydrogens (tertiary/aromatic N) is 6. The lowest BCUT2D eigenvalue weighted by molar-refractivity contribution is 0.660. The van der Waals surface area contributed by atoms with Gasteiger partial charge in [-0.05, 0) is 6.92 Å². The van der Waals surface area contributed by atoms with Crippen LogP contribution in [0.4, 0.5) is 5.82 Å². The normalized spacial score (nSPS) is 11.2. The van der Waals surface area contributed by atoms with E-state index in [0.717, 1.165) is 28.8 Å². The van der Waals surface area contributed by atoms with E-state index < -0.39 is 0 Å². The molecule has 0 aliphatic heterocycles. The minimum Gasteiger partial charge on any atom is -0.383 e. The summed E-state index contributed by atoms with van der Waals surface area (Å²) in [5.74, 6) is 0.437. The Morgan fingerprint density at radius 3 is 2.89 bits per heavy atom. The number of nitrogens with two attached hydrogens (primary N) is 1. The van der Waals surface area contributed by atoms with E-state index in [2.05, 4.69) is 20.2 Å². The molecule has 0 aliphatic carbocycles. The molecule has 0 unspecified atom stereocenters. The van der Waals surface area contributed by atoms with Crippen LogP contribution in [0, 0.1) is 0 Å². The zero-order chi connectivity index (χ0) is 12.7. The van der Waals surface area contributed by atoms with Gasteiger partial charge in [-0.25, -0.2) is 14.6 Å².